The van der Waals surface area contributed by atoms with Gasteiger partial charge in [0.2, 0.25) is 5.91 Å². The highest BCUT2D eigenvalue weighted by Gasteiger charge is 2.28. The molecular weight excluding hydrogens is 256 g/mol. The van der Waals surface area contributed by atoms with Gasteiger partial charge in [0.05, 0.1) is 5.60 Å². The zero-order valence-corrected chi connectivity index (χ0v) is 11.7. The summed E-state index contributed by atoms with van der Waals surface area (Å²) in [4.78, 5) is 23.4. The molecule has 1 aliphatic rings. The first-order valence-electron chi connectivity index (χ1n) is 7.24. The first-order chi connectivity index (χ1) is 9.59. The first kappa shape index (κ1) is 14.8. The molecule has 0 aromatic carbocycles. The molecule has 0 atom stereocenters. The molecule has 1 saturated carbocycles. The molecule has 1 fully saturated rings. The third kappa shape index (κ3) is 4.20. The second kappa shape index (κ2) is 6.70. The fraction of sp³-hybridized carbons (Fsp3) is 0.600. The van der Waals surface area contributed by atoms with E-state index in [0.29, 0.717) is 0 Å². The Morgan fingerprint density at radius 3 is 2.60 bits per heavy atom. The van der Waals surface area contributed by atoms with Crippen LogP contribution in [0.1, 0.15) is 38.5 Å². The van der Waals surface area contributed by atoms with Crippen molar-refractivity contribution in [2.45, 2.75) is 50.7 Å². The van der Waals surface area contributed by atoms with Gasteiger partial charge in [0.1, 0.15) is 6.54 Å². The van der Waals surface area contributed by atoms with Crippen LogP contribution < -0.4 is 10.9 Å². The summed E-state index contributed by atoms with van der Waals surface area (Å²) in [7, 11) is 0. The summed E-state index contributed by atoms with van der Waals surface area (Å²) >= 11 is 0. The Hall–Kier alpha value is -1.62. The number of aromatic nitrogens is 1. The Morgan fingerprint density at radius 2 is 1.95 bits per heavy atom. The molecule has 20 heavy (non-hydrogen) atoms. The highest BCUT2D eigenvalue weighted by atomic mass is 16.3. The van der Waals surface area contributed by atoms with Crippen LogP contribution in [-0.4, -0.2) is 27.7 Å². The monoisotopic (exact) mass is 278 g/mol. The predicted molar refractivity (Wildman–Crippen MR) is 76.4 cm³/mol. The van der Waals surface area contributed by atoms with E-state index in [1.807, 2.05) is 0 Å². The molecule has 0 unspecified atom stereocenters. The maximum absolute atomic E-state index is 11.9. The van der Waals surface area contributed by atoms with Crippen molar-refractivity contribution >= 4 is 5.91 Å². The van der Waals surface area contributed by atoms with Crippen molar-refractivity contribution in [2.24, 2.45) is 0 Å². The molecule has 110 valence electrons. The molecule has 0 radical (unpaired) electrons. The Kier molecular flexibility index (Phi) is 4.95. The van der Waals surface area contributed by atoms with Crippen molar-refractivity contribution in [2.75, 3.05) is 6.54 Å². The van der Waals surface area contributed by atoms with Gasteiger partial charge in [0.25, 0.3) is 5.56 Å². The number of amides is 1. The minimum atomic E-state index is -0.784. The first-order valence-corrected chi connectivity index (χ1v) is 7.24. The van der Waals surface area contributed by atoms with Crippen molar-refractivity contribution in [3.05, 3.63) is 34.7 Å². The molecule has 0 saturated heterocycles. The molecule has 1 heterocycles. The number of nitrogens with one attached hydrogen (secondary N) is 1. The topological polar surface area (TPSA) is 71.3 Å². The average Bonchev–Trinajstić information content (AvgIpc) is 2.65. The minimum absolute atomic E-state index is 0.00421. The molecule has 5 nitrogen and oxygen atoms in total. The van der Waals surface area contributed by atoms with Crippen LogP contribution in [0.2, 0.25) is 0 Å². The second-order valence-corrected chi connectivity index (χ2v) is 5.58. The van der Waals surface area contributed by atoms with Crippen LogP contribution in [0, 0.1) is 0 Å². The van der Waals surface area contributed by atoms with E-state index in [1.165, 1.54) is 10.6 Å². The summed E-state index contributed by atoms with van der Waals surface area (Å²) in [5.74, 6) is -0.240. The number of aliphatic hydroxyl groups is 1. The van der Waals surface area contributed by atoms with E-state index in [4.69, 9.17) is 0 Å². The zero-order valence-electron chi connectivity index (χ0n) is 11.7. The SMILES string of the molecule is O=C(Cn1ccccc1=O)NCC1(O)CCCCCC1. The van der Waals surface area contributed by atoms with Gasteiger partial charge >= 0.3 is 0 Å². The number of hydrogen-bond acceptors (Lipinski definition) is 3. The van der Waals surface area contributed by atoms with Gasteiger partial charge in [0.15, 0.2) is 0 Å². The highest BCUT2D eigenvalue weighted by molar-refractivity contribution is 5.75. The van der Waals surface area contributed by atoms with Crippen molar-refractivity contribution in [1.82, 2.24) is 9.88 Å². The number of hydrogen-bond donors (Lipinski definition) is 2. The molecule has 5 heteroatoms. The van der Waals surface area contributed by atoms with Gasteiger partial charge in [-0.2, -0.15) is 0 Å². The van der Waals surface area contributed by atoms with E-state index in [-0.39, 0.29) is 24.6 Å². The van der Waals surface area contributed by atoms with Crippen molar-refractivity contribution < 1.29 is 9.90 Å². The predicted octanol–water partition coefficient (Wildman–Crippen LogP) is 1.05. The summed E-state index contributed by atoms with van der Waals surface area (Å²) < 4.78 is 1.35. The van der Waals surface area contributed by atoms with Crippen molar-refractivity contribution in [1.29, 1.82) is 0 Å². The fourth-order valence-electron chi connectivity index (χ4n) is 2.63. The van der Waals surface area contributed by atoms with Gasteiger partial charge in [0, 0.05) is 18.8 Å². The maximum Gasteiger partial charge on any atom is 0.250 e. The van der Waals surface area contributed by atoms with E-state index < -0.39 is 5.60 Å². The Bertz CT molecular complexity index is 502. The number of nitrogens with zero attached hydrogens (tertiary/aromatic N) is 1. The van der Waals surface area contributed by atoms with Crippen molar-refractivity contribution in [3.63, 3.8) is 0 Å². The Balaban J connectivity index is 1.86. The van der Waals surface area contributed by atoms with Gasteiger partial charge in [-0.05, 0) is 18.9 Å². The van der Waals surface area contributed by atoms with E-state index in [2.05, 4.69) is 5.32 Å². The largest absolute Gasteiger partial charge is 0.388 e. The molecule has 2 N–H and O–H groups in total. The van der Waals surface area contributed by atoms with Crippen LogP contribution in [0.15, 0.2) is 29.2 Å². The van der Waals surface area contributed by atoms with Crippen LogP contribution in [-0.2, 0) is 11.3 Å². The van der Waals surface area contributed by atoms with E-state index in [0.717, 1.165) is 38.5 Å². The number of rotatable bonds is 4. The van der Waals surface area contributed by atoms with Gasteiger partial charge in [-0.3, -0.25) is 9.59 Å². The molecule has 1 aromatic rings. The summed E-state index contributed by atoms with van der Waals surface area (Å²) in [6, 6.07) is 4.78. The standard InChI is InChI=1S/C15H22N2O3/c18-13(11-17-10-6-3-7-14(17)19)16-12-15(20)8-4-1-2-5-9-15/h3,6-7,10,20H,1-2,4-5,8-9,11-12H2,(H,16,18). The Morgan fingerprint density at radius 1 is 1.25 bits per heavy atom. The quantitative estimate of drug-likeness (QED) is 0.809. The second-order valence-electron chi connectivity index (χ2n) is 5.58. The number of carbonyl (C=O) groups excluding carboxylic acids is 1. The summed E-state index contributed by atoms with van der Waals surface area (Å²) in [5, 5.41) is 13.2. The maximum atomic E-state index is 11.9. The third-order valence-electron chi connectivity index (χ3n) is 3.86. The minimum Gasteiger partial charge on any atom is -0.388 e. The number of pyridine rings is 1. The van der Waals surface area contributed by atoms with Gasteiger partial charge in [-0.25, -0.2) is 0 Å². The van der Waals surface area contributed by atoms with E-state index in [1.54, 1.807) is 18.3 Å². The van der Waals surface area contributed by atoms with E-state index >= 15 is 0 Å². The van der Waals surface area contributed by atoms with Gasteiger partial charge in [-0.15, -0.1) is 0 Å². The van der Waals surface area contributed by atoms with Crippen LogP contribution in [0.25, 0.3) is 0 Å². The van der Waals surface area contributed by atoms with Crippen LogP contribution in [0.4, 0.5) is 0 Å². The lowest BCUT2D eigenvalue weighted by Gasteiger charge is -2.26. The lowest BCUT2D eigenvalue weighted by atomic mass is 9.94. The van der Waals surface area contributed by atoms with Gasteiger partial charge in [-0.1, -0.05) is 31.7 Å². The molecule has 0 bridgehead atoms. The van der Waals surface area contributed by atoms with E-state index in [9.17, 15) is 14.7 Å². The molecule has 1 amide bonds. The fourth-order valence-corrected chi connectivity index (χ4v) is 2.63. The molecular formula is C15H22N2O3. The Labute approximate surface area is 118 Å². The summed E-state index contributed by atoms with van der Waals surface area (Å²) in [5.41, 5.74) is -0.982. The van der Waals surface area contributed by atoms with Crippen molar-refractivity contribution in [3.8, 4) is 0 Å². The van der Waals surface area contributed by atoms with Crippen LogP contribution in [0.5, 0.6) is 0 Å². The zero-order chi connectivity index (χ0) is 14.4. The molecule has 0 spiro atoms. The smallest absolute Gasteiger partial charge is 0.250 e. The van der Waals surface area contributed by atoms with Crippen LogP contribution in [0.3, 0.4) is 0 Å². The lowest BCUT2D eigenvalue weighted by Crippen LogP contribution is -2.44. The third-order valence-corrected chi connectivity index (χ3v) is 3.86. The molecule has 0 aliphatic heterocycles. The number of carbonyl (C=O) groups is 1. The highest BCUT2D eigenvalue weighted by Crippen LogP contribution is 2.26. The average molecular weight is 278 g/mol. The molecule has 1 aliphatic carbocycles. The molecule has 2 rings (SSSR count). The summed E-state index contributed by atoms with van der Waals surface area (Å²) in [6.07, 6.45) is 7.36. The van der Waals surface area contributed by atoms with Gasteiger partial charge < -0.3 is 15.0 Å². The molecule has 1 aromatic heterocycles. The lowest BCUT2D eigenvalue weighted by molar-refractivity contribution is -0.123. The van der Waals surface area contributed by atoms with Crippen LogP contribution >= 0.6 is 0 Å². The summed E-state index contributed by atoms with van der Waals surface area (Å²) in [6.45, 7) is 0.267. The normalized spacial score (nSPS) is 18.2.